The van der Waals surface area contributed by atoms with Gasteiger partial charge in [0.25, 0.3) is 0 Å². The predicted octanol–water partition coefficient (Wildman–Crippen LogP) is 6.06. The van der Waals surface area contributed by atoms with Crippen molar-refractivity contribution in [1.82, 2.24) is 4.90 Å². The lowest BCUT2D eigenvalue weighted by Crippen LogP contribution is -2.33. The van der Waals surface area contributed by atoms with Gasteiger partial charge in [-0.3, -0.25) is 4.79 Å². The maximum atomic E-state index is 13.4. The second-order valence-corrected chi connectivity index (χ2v) is 9.38. The van der Waals surface area contributed by atoms with Crippen molar-refractivity contribution in [3.63, 3.8) is 0 Å². The third-order valence-electron chi connectivity index (χ3n) is 6.45. The summed E-state index contributed by atoms with van der Waals surface area (Å²) < 4.78 is 10.9. The zero-order valence-electron chi connectivity index (χ0n) is 19.0. The molecule has 3 aromatic carbocycles. The third kappa shape index (κ3) is 4.15. The molecule has 1 atom stereocenters. The molecule has 2 heterocycles. The van der Waals surface area contributed by atoms with Crippen LogP contribution >= 0.6 is 11.8 Å². The van der Waals surface area contributed by atoms with Crippen LogP contribution in [0.2, 0.25) is 0 Å². The lowest BCUT2D eigenvalue weighted by atomic mass is 10.0. The van der Waals surface area contributed by atoms with E-state index in [0.717, 1.165) is 24.9 Å². The van der Waals surface area contributed by atoms with Gasteiger partial charge in [-0.25, -0.2) is 0 Å². The van der Waals surface area contributed by atoms with Crippen LogP contribution in [0.4, 0.5) is 11.4 Å². The molecule has 1 fully saturated rings. The fourth-order valence-corrected chi connectivity index (χ4v) is 5.94. The Morgan fingerprint density at radius 3 is 2.27 bits per heavy atom. The lowest BCUT2D eigenvalue weighted by Gasteiger charge is -2.33. The Morgan fingerprint density at radius 1 is 0.939 bits per heavy atom. The van der Waals surface area contributed by atoms with E-state index in [-0.39, 0.29) is 11.9 Å². The Kier molecular flexibility index (Phi) is 6.18. The number of rotatable bonds is 6. The predicted molar refractivity (Wildman–Crippen MR) is 132 cm³/mol. The molecule has 3 aromatic rings. The molecule has 2 aliphatic heterocycles. The van der Waals surface area contributed by atoms with Crippen molar-refractivity contribution in [2.75, 3.05) is 32.2 Å². The first-order valence-electron chi connectivity index (χ1n) is 11.3. The van der Waals surface area contributed by atoms with Gasteiger partial charge in [-0.1, -0.05) is 42.1 Å². The highest BCUT2D eigenvalue weighted by Gasteiger charge is 2.31. The molecule has 170 valence electrons. The van der Waals surface area contributed by atoms with Crippen LogP contribution in [0.1, 0.15) is 30.9 Å². The maximum Gasteiger partial charge on any atom is 0.224 e. The first-order chi connectivity index (χ1) is 16.2. The van der Waals surface area contributed by atoms with Crippen LogP contribution in [0, 0.1) is 0 Å². The molecule has 5 rings (SSSR count). The average Bonchev–Trinajstić information content (AvgIpc) is 3.36. The number of nitrogens with zero attached hydrogens (tertiary/aromatic N) is 2. The Morgan fingerprint density at radius 2 is 1.61 bits per heavy atom. The first-order valence-corrected chi connectivity index (χ1v) is 12.2. The van der Waals surface area contributed by atoms with E-state index in [2.05, 4.69) is 53.4 Å². The quantitative estimate of drug-likeness (QED) is 0.447. The molecule has 0 bridgehead atoms. The number of anilines is 2. The van der Waals surface area contributed by atoms with Gasteiger partial charge in [-0.05, 0) is 54.8 Å². The van der Waals surface area contributed by atoms with Gasteiger partial charge in [0.15, 0.2) is 11.5 Å². The number of hydrogen-bond acceptors (Lipinski definition) is 5. The summed E-state index contributed by atoms with van der Waals surface area (Å²) in [6.45, 7) is 1.45. The van der Waals surface area contributed by atoms with E-state index in [1.165, 1.54) is 21.2 Å². The smallest absolute Gasteiger partial charge is 0.224 e. The number of fused-ring (bicyclic) bond motifs is 2. The molecule has 0 saturated carbocycles. The van der Waals surface area contributed by atoms with Crippen LogP contribution in [0.3, 0.4) is 0 Å². The van der Waals surface area contributed by atoms with Crippen molar-refractivity contribution in [1.29, 1.82) is 0 Å². The SMILES string of the molecule is COc1ccc(C2CCCN2C(=O)CCN2c3ccccc3Sc3ccccc32)cc1OC. The molecule has 0 spiro atoms. The van der Waals surface area contributed by atoms with Gasteiger partial charge in [-0.15, -0.1) is 0 Å². The summed E-state index contributed by atoms with van der Waals surface area (Å²) in [6.07, 6.45) is 2.45. The topological polar surface area (TPSA) is 42.0 Å². The van der Waals surface area contributed by atoms with Crippen molar-refractivity contribution in [3.05, 3.63) is 72.3 Å². The molecular weight excluding hydrogens is 432 g/mol. The van der Waals surface area contributed by atoms with E-state index < -0.39 is 0 Å². The first kappa shape index (κ1) is 21.7. The molecule has 0 aliphatic carbocycles. The Labute approximate surface area is 199 Å². The van der Waals surface area contributed by atoms with Gasteiger partial charge in [0.1, 0.15) is 0 Å². The number of methoxy groups -OCH3 is 2. The average molecular weight is 461 g/mol. The fraction of sp³-hybridized carbons (Fsp3) is 0.296. The summed E-state index contributed by atoms with van der Waals surface area (Å²) in [5, 5.41) is 0. The van der Waals surface area contributed by atoms with Crippen LogP contribution < -0.4 is 14.4 Å². The highest BCUT2D eigenvalue weighted by atomic mass is 32.2. The van der Waals surface area contributed by atoms with E-state index in [4.69, 9.17) is 9.47 Å². The molecule has 1 unspecified atom stereocenters. The molecular formula is C27H28N2O3S. The number of amides is 1. The van der Waals surface area contributed by atoms with Gasteiger partial charge in [0, 0.05) is 29.3 Å². The van der Waals surface area contributed by atoms with E-state index in [1.54, 1.807) is 26.0 Å². The molecule has 0 radical (unpaired) electrons. The summed E-state index contributed by atoms with van der Waals surface area (Å²) in [4.78, 5) is 20.2. The van der Waals surface area contributed by atoms with E-state index in [0.29, 0.717) is 24.5 Å². The molecule has 0 N–H and O–H groups in total. The molecule has 1 amide bonds. The monoisotopic (exact) mass is 460 g/mol. The Balaban J connectivity index is 1.34. The minimum absolute atomic E-state index is 0.0776. The normalized spacial score (nSPS) is 16.8. The summed E-state index contributed by atoms with van der Waals surface area (Å²) in [5.41, 5.74) is 3.45. The molecule has 6 heteroatoms. The summed E-state index contributed by atoms with van der Waals surface area (Å²) in [5.74, 6) is 1.60. The van der Waals surface area contributed by atoms with Crippen LogP contribution in [0.25, 0.3) is 0 Å². The highest BCUT2D eigenvalue weighted by Crippen LogP contribution is 2.48. The number of benzene rings is 3. The van der Waals surface area contributed by atoms with Gasteiger partial charge in [0.05, 0.1) is 31.6 Å². The zero-order valence-corrected chi connectivity index (χ0v) is 19.8. The van der Waals surface area contributed by atoms with Gasteiger partial charge < -0.3 is 19.3 Å². The fourth-order valence-electron chi connectivity index (χ4n) is 4.84. The highest BCUT2D eigenvalue weighted by molar-refractivity contribution is 7.99. The van der Waals surface area contributed by atoms with Gasteiger partial charge in [-0.2, -0.15) is 0 Å². The Hall–Kier alpha value is -3.12. The minimum Gasteiger partial charge on any atom is -0.493 e. The molecule has 33 heavy (non-hydrogen) atoms. The van der Waals surface area contributed by atoms with Crippen molar-refractivity contribution in [3.8, 4) is 11.5 Å². The number of ether oxygens (including phenoxy) is 2. The second-order valence-electron chi connectivity index (χ2n) is 8.30. The standard InChI is InChI=1S/C27H28N2O3S/c1-31-23-14-13-19(18-24(23)32-2)20-10-7-16-29(20)27(30)15-17-28-21-8-3-5-11-25(21)33-26-12-6-4-9-22(26)28/h3-6,8-9,11-14,18,20H,7,10,15-17H2,1-2H3. The van der Waals surface area contributed by atoms with Crippen LogP contribution in [-0.4, -0.2) is 38.1 Å². The van der Waals surface area contributed by atoms with E-state index in [9.17, 15) is 4.79 Å². The largest absolute Gasteiger partial charge is 0.493 e. The molecule has 5 nitrogen and oxygen atoms in total. The van der Waals surface area contributed by atoms with Gasteiger partial charge in [0.2, 0.25) is 5.91 Å². The van der Waals surface area contributed by atoms with E-state index >= 15 is 0 Å². The zero-order chi connectivity index (χ0) is 22.8. The molecule has 1 saturated heterocycles. The number of hydrogen-bond donors (Lipinski definition) is 0. The van der Waals surface area contributed by atoms with Crippen molar-refractivity contribution in [2.24, 2.45) is 0 Å². The van der Waals surface area contributed by atoms with Gasteiger partial charge >= 0.3 is 0 Å². The lowest BCUT2D eigenvalue weighted by molar-refractivity contribution is -0.131. The summed E-state index contributed by atoms with van der Waals surface area (Å²) in [7, 11) is 3.28. The van der Waals surface area contributed by atoms with E-state index in [1.807, 2.05) is 23.1 Å². The van der Waals surface area contributed by atoms with Crippen LogP contribution in [-0.2, 0) is 4.79 Å². The number of para-hydroxylation sites is 2. The number of likely N-dealkylation sites (tertiary alicyclic amines) is 1. The minimum atomic E-state index is 0.0776. The van der Waals surface area contributed by atoms with Crippen LogP contribution in [0.15, 0.2) is 76.5 Å². The Bertz CT molecular complexity index is 1120. The molecule has 0 aromatic heterocycles. The maximum absolute atomic E-state index is 13.4. The third-order valence-corrected chi connectivity index (χ3v) is 7.58. The number of carbonyl (C=O) groups is 1. The number of carbonyl (C=O) groups excluding carboxylic acids is 1. The molecule has 2 aliphatic rings. The van der Waals surface area contributed by atoms with Crippen molar-refractivity contribution in [2.45, 2.75) is 35.1 Å². The second kappa shape index (κ2) is 9.40. The summed E-state index contributed by atoms with van der Waals surface area (Å²) >= 11 is 1.79. The summed E-state index contributed by atoms with van der Waals surface area (Å²) in [6, 6.07) is 22.9. The van der Waals surface area contributed by atoms with Crippen molar-refractivity contribution >= 4 is 29.0 Å². The van der Waals surface area contributed by atoms with Crippen molar-refractivity contribution < 1.29 is 14.3 Å². The van der Waals surface area contributed by atoms with Crippen LogP contribution in [0.5, 0.6) is 11.5 Å².